The van der Waals surface area contributed by atoms with Crippen molar-refractivity contribution in [2.45, 2.75) is 46.3 Å². The molecule has 112 valence electrons. The van der Waals surface area contributed by atoms with Gasteiger partial charge in [0, 0.05) is 32.7 Å². The molecule has 4 nitrogen and oxygen atoms in total. The van der Waals surface area contributed by atoms with Crippen molar-refractivity contribution in [3.8, 4) is 0 Å². The number of likely N-dealkylation sites (tertiary alicyclic amines) is 1. The van der Waals surface area contributed by atoms with Gasteiger partial charge in [-0.1, -0.05) is 20.8 Å². The molecule has 1 aliphatic rings. The summed E-state index contributed by atoms with van der Waals surface area (Å²) in [6.45, 7) is 9.83. The summed E-state index contributed by atoms with van der Waals surface area (Å²) in [5.41, 5.74) is 0. The molecule has 1 saturated heterocycles. The lowest BCUT2D eigenvalue weighted by Crippen LogP contribution is -2.44. The maximum atomic E-state index is 12.6. The van der Waals surface area contributed by atoms with E-state index < -0.39 is 0 Å². The lowest BCUT2D eigenvalue weighted by molar-refractivity contribution is -0.140. The average molecular weight is 271 g/mol. The van der Waals surface area contributed by atoms with Crippen LogP contribution in [0.25, 0.3) is 0 Å². The van der Waals surface area contributed by atoms with Gasteiger partial charge in [0.15, 0.2) is 0 Å². The highest BCUT2D eigenvalue weighted by molar-refractivity contribution is 5.79. The molecule has 1 rings (SSSR count). The second-order valence-corrected chi connectivity index (χ2v) is 6.09. The number of carbonyl (C=O) groups excluding carboxylic acids is 1. The van der Waals surface area contributed by atoms with Gasteiger partial charge in [0.1, 0.15) is 0 Å². The summed E-state index contributed by atoms with van der Waals surface area (Å²) in [6.07, 6.45) is 1.01. The lowest BCUT2D eigenvalue weighted by atomic mass is 9.97. The zero-order chi connectivity index (χ0) is 14.6. The largest absolute Gasteiger partial charge is 0.384 e. The Morgan fingerprint density at radius 2 is 1.89 bits per heavy atom. The van der Waals surface area contributed by atoms with Crippen LogP contribution in [0.15, 0.2) is 0 Å². The molecule has 0 spiro atoms. The fourth-order valence-corrected chi connectivity index (χ4v) is 2.87. The molecule has 0 bridgehead atoms. The van der Waals surface area contributed by atoms with Crippen molar-refractivity contribution >= 4 is 5.91 Å². The first-order valence-electron chi connectivity index (χ1n) is 7.24. The summed E-state index contributed by atoms with van der Waals surface area (Å²) >= 11 is 0. The average Bonchev–Trinajstić information content (AvgIpc) is 2.80. The molecule has 0 saturated carbocycles. The zero-order valence-corrected chi connectivity index (χ0v) is 13.2. The quantitative estimate of drug-likeness (QED) is 0.743. The number of carbonyl (C=O) groups is 1. The predicted molar refractivity (Wildman–Crippen MR) is 76.0 cm³/mol. The molecule has 1 heterocycles. The Balaban J connectivity index is 2.75. The molecule has 0 N–H and O–H groups in total. The third kappa shape index (κ3) is 3.93. The van der Waals surface area contributed by atoms with E-state index in [-0.39, 0.29) is 17.9 Å². The van der Waals surface area contributed by atoms with Crippen molar-refractivity contribution in [1.82, 2.24) is 4.90 Å². The molecule has 19 heavy (non-hydrogen) atoms. The lowest BCUT2D eigenvalue weighted by Gasteiger charge is -2.31. The Morgan fingerprint density at radius 1 is 1.26 bits per heavy atom. The van der Waals surface area contributed by atoms with Crippen LogP contribution in [0, 0.1) is 17.8 Å². The topological polar surface area (TPSA) is 38.8 Å². The van der Waals surface area contributed by atoms with Crippen molar-refractivity contribution in [2.75, 3.05) is 27.4 Å². The van der Waals surface area contributed by atoms with Crippen molar-refractivity contribution in [1.29, 1.82) is 0 Å². The summed E-state index contributed by atoms with van der Waals surface area (Å²) in [7, 11) is 3.39. The van der Waals surface area contributed by atoms with Crippen molar-refractivity contribution in [3.63, 3.8) is 0 Å². The first kappa shape index (κ1) is 16.4. The van der Waals surface area contributed by atoms with Crippen LogP contribution in [0.4, 0.5) is 0 Å². The molecular weight excluding hydrogens is 242 g/mol. The van der Waals surface area contributed by atoms with E-state index in [1.54, 1.807) is 14.2 Å². The fraction of sp³-hybridized carbons (Fsp3) is 0.933. The molecule has 0 aromatic rings. The summed E-state index contributed by atoms with van der Waals surface area (Å²) in [4.78, 5) is 14.7. The minimum Gasteiger partial charge on any atom is -0.384 e. The number of nitrogens with zero attached hydrogens (tertiary/aromatic N) is 1. The van der Waals surface area contributed by atoms with E-state index in [1.807, 2.05) is 13.8 Å². The van der Waals surface area contributed by atoms with Gasteiger partial charge < -0.3 is 14.4 Å². The number of hydrogen-bond acceptors (Lipinski definition) is 3. The molecule has 0 aliphatic carbocycles. The minimum atomic E-state index is -0.0902. The predicted octanol–water partition coefficient (Wildman–Crippen LogP) is 2.18. The standard InChI is InChI=1S/C15H29NO3/c1-10(2)14-7-13(9-18-5)8-16(14)15(17)11(3)12(4)19-6/h10-14H,7-9H2,1-6H3/t11?,12?,13?,14-/m0/s1. The molecule has 1 fully saturated rings. The van der Waals surface area contributed by atoms with E-state index in [0.717, 1.165) is 19.6 Å². The zero-order valence-electron chi connectivity index (χ0n) is 13.2. The first-order valence-corrected chi connectivity index (χ1v) is 7.24. The Kier molecular flexibility index (Phi) is 6.27. The van der Waals surface area contributed by atoms with E-state index in [0.29, 0.717) is 17.9 Å². The number of rotatable bonds is 6. The van der Waals surface area contributed by atoms with Crippen molar-refractivity contribution in [2.24, 2.45) is 17.8 Å². The second kappa shape index (κ2) is 7.25. The van der Waals surface area contributed by atoms with Crippen LogP contribution in [0.3, 0.4) is 0 Å². The van der Waals surface area contributed by atoms with Crippen LogP contribution in [-0.4, -0.2) is 50.3 Å². The summed E-state index contributed by atoms with van der Waals surface area (Å²) in [6, 6.07) is 0.333. The molecule has 0 aromatic heterocycles. The van der Waals surface area contributed by atoms with E-state index in [4.69, 9.17) is 9.47 Å². The Hall–Kier alpha value is -0.610. The van der Waals surface area contributed by atoms with E-state index in [2.05, 4.69) is 18.7 Å². The molecule has 4 atom stereocenters. The molecule has 1 aliphatic heterocycles. The second-order valence-electron chi connectivity index (χ2n) is 6.09. The molecule has 0 radical (unpaired) electrons. The Bertz CT molecular complexity index is 293. The highest BCUT2D eigenvalue weighted by Crippen LogP contribution is 2.30. The highest BCUT2D eigenvalue weighted by Gasteiger charge is 2.39. The van der Waals surface area contributed by atoms with Gasteiger partial charge in [0.2, 0.25) is 5.91 Å². The number of amides is 1. The van der Waals surface area contributed by atoms with Gasteiger partial charge in [0.05, 0.1) is 18.6 Å². The Labute approximate surface area is 117 Å². The normalized spacial score (nSPS) is 26.8. The monoisotopic (exact) mass is 271 g/mol. The van der Waals surface area contributed by atoms with Crippen LogP contribution >= 0.6 is 0 Å². The summed E-state index contributed by atoms with van der Waals surface area (Å²) in [5, 5.41) is 0. The third-order valence-corrected chi connectivity index (χ3v) is 4.35. The van der Waals surface area contributed by atoms with Gasteiger partial charge in [-0.05, 0) is 19.3 Å². The van der Waals surface area contributed by atoms with Crippen molar-refractivity contribution in [3.05, 3.63) is 0 Å². The minimum absolute atomic E-state index is 0.0400. The fourth-order valence-electron chi connectivity index (χ4n) is 2.87. The van der Waals surface area contributed by atoms with Crippen LogP contribution in [0.1, 0.15) is 34.1 Å². The first-order chi connectivity index (χ1) is 8.92. The van der Waals surface area contributed by atoms with Gasteiger partial charge in [0.25, 0.3) is 0 Å². The van der Waals surface area contributed by atoms with Crippen LogP contribution in [-0.2, 0) is 14.3 Å². The Morgan fingerprint density at radius 3 is 2.37 bits per heavy atom. The van der Waals surface area contributed by atoms with Gasteiger partial charge in [-0.25, -0.2) is 0 Å². The van der Waals surface area contributed by atoms with Gasteiger partial charge in [-0.15, -0.1) is 0 Å². The summed E-state index contributed by atoms with van der Waals surface area (Å²) in [5.74, 6) is 1.07. The smallest absolute Gasteiger partial charge is 0.228 e. The SMILES string of the molecule is COCC1C[C@@H](C(C)C)N(C(=O)C(C)C(C)OC)C1. The molecular formula is C15H29NO3. The van der Waals surface area contributed by atoms with E-state index in [9.17, 15) is 4.79 Å². The van der Waals surface area contributed by atoms with Crippen molar-refractivity contribution < 1.29 is 14.3 Å². The van der Waals surface area contributed by atoms with Gasteiger partial charge in [-0.3, -0.25) is 4.79 Å². The van der Waals surface area contributed by atoms with Gasteiger partial charge >= 0.3 is 0 Å². The van der Waals surface area contributed by atoms with Crippen LogP contribution < -0.4 is 0 Å². The molecule has 3 unspecified atom stereocenters. The maximum absolute atomic E-state index is 12.6. The van der Waals surface area contributed by atoms with E-state index >= 15 is 0 Å². The third-order valence-electron chi connectivity index (χ3n) is 4.35. The highest BCUT2D eigenvalue weighted by atomic mass is 16.5. The number of methoxy groups -OCH3 is 2. The van der Waals surface area contributed by atoms with Crippen LogP contribution in [0.2, 0.25) is 0 Å². The molecule has 4 heteroatoms. The van der Waals surface area contributed by atoms with Gasteiger partial charge in [-0.2, -0.15) is 0 Å². The number of ether oxygens (including phenoxy) is 2. The number of hydrogen-bond donors (Lipinski definition) is 0. The maximum Gasteiger partial charge on any atom is 0.228 e. The molecule has 0 aromatic carbocycles. The van der Waals surface area contributed by atoms with Crippen LogP contribution in [0.5, 0.6) is 0 Å². The summed E-state index contributed by atoms with van der Waals surface area (Å²) < 4.78 is 10.5. The van der Waals surface area contributed by atoms with E-state index in [1.165, 1.54) is 0 Å². The molecule has 1 amide bonds.